The summed E-state index contributed by atoms with van der Waals surface area (Å²) in [5.41, 5.74) is 4.36. The van der Waals surface area contributed by atoms with E-state index in [2.05, 4.69) is 44.7 Å². The minimum Gasteiger partial charge on any atom is -0.308 e. The number of anilines is 1. The predicted octanol–water partition coefficient (Wildman–Crippen LogP) is 5.08. The molecule has 27 heavy (non-hydrogen) atoms. The highest BCUT2D eigenvalue weighted by Crippen LogP contribution is 2.25. The van der Waals surface area contributed by atoms with Crippen LogP contribution < -0.4 is 4.90 Å². The topological polar surface area (TPSA) is 23.6 Å². The van der Waals surface area contributed by atoms with Gasteiger partial charge in [-0.1, -0.05) is 62.4 Å². The van der Waals surface area contributed by atoms with E-state index >= 15 is 0 Å². The lowest BCUT2D eigenvalue weighted by Crippen LogP contribution is -2.34. The monoisotopic (exact) mass is 364 g/mol. The zero-order chi connectivity index (χ0) is 19.6. The normalized spacial score (nSPS) is 11.3. The van der Waals surface area contributed by atoms with Gasteiger partial charge in [0.2, 0.25) is 0 Å². The number of rotatable bonds is 9. The molecule has 1 amide bonds. The Morgan fingerprint density at radius 3 is 2.11 bits per heavy atom. The summed E-state index contributed by atoms with van der Waals surface area (Å²) in [6.45, 7) is 12.3. The molecule has 0 aliphatic rings. The quantitative estimate of drug-likeness (QED) is 0.579. The van der Waals surface area contributed by atoms with Gasteiger partial charge in [0.15, 0.2) is 0 Å². The molecule has 0 saturated heterocycles. The molecule has 0 unspecified atom stereocenters. The number of carbonyl (C=O) groups is 1. The Morgan fingerprint density at radius 1 is 0.889 bits per heavy atom. The predicted molar refractivity (Wildman–Crippen MR) is 116 cm³/mol. The largest absolute Gasteiger partial charge is 0.308 e. The molecule has 0 N–H and O–H groups in total. The van der Waals surface area contributed by atoms with Gasteiger partial charge in [-0.3, -0.25) is 4.79 Å². The van der Waals surface area contributed by atoms with Crippen LogP contribution in [-0.4, -0.2) is 37.0 Å². The van der Waals surface area contributed by atoms with E-state index in [1.165, 1.54) is 0 Å². The summed E-state index contributed by atoms with van der Waals surface area (Å²) in [6.07, 6.45) is 4.55. The Bertz CT molecular complexity index is 728. The number of amides is 1. The van der Waals surface area contributed by atoms with Crippen molar-refractivity contribution in [3.05, 3.63) is 71.3 Å². The number of benzene rings is 2. The van der Waals surface area contributed by atoms with Gasteiger partial charge < -0.3 is 9.80 Å². The Kier molecular flexibility index (Phi) is 8.28. The molecule has 0 spiro atoms. The second-order valence-corrected chi connectivity index (χ2v) is 6.85. The first-order valence-corrected chi connectivity index (χ1v) is 9.90. The van der Waals surface area contributed by atoms with Gasteiger partial charge in [0.1, 0.15) is 0 Å². The molecular formula is C24H32N2O. The van der Waals surface area contributed by atoms with Crippen molar-refractivity contribution in [2.45, 2.75) is 34.1 Å². The van der Waals surface area contributed by atoms with Crippen LogP contribution in [0, 0.1) is 13.8 Å². The van der Waals surface area contributed by atoms with Crippen LogP contribution in [0.2, 0.25) is 0 Å². The fraction of sp³-hybridized carbons (Fsp3) is 0.375. The highest BCUT2D eigenvalue weighted by atomic mass is 16.2. The molecule has 0 aliphatic heterocycles. The van der Waals surface area contributed by atoms with E-state index < -0.39 is 0 Å². The third-order valence-corrected chi connectivity index (χ3v) is 4.94. The Balaban J connectivity index is 2.21. The minimum atomic E-state index is 0.0378. The van der Waals surface area contributed by atoms with Crippen LogP contribution in [0.5, 0.6) is 0 Å². The summed E-state index contributed by atoms with van der Waals surface area (Å²) in [5, 5.41) is 0. The zero-order valence-electron chi connectivity index (χ0n) is 17.1. The molecule has 0 fully saturated rings. The average molecular weight is 365 g/mol. The molecule has 144 valence electrons. The Hall–Kier alpha value is -2.39. The third kappa shape index (κ3) is 6.07. The van der Waals surface area contributed by atoms with Gasteiger partial charge >= 0.3 is 0 Å². The number of hydrogen-bond donors (Lipinski definition) is 0. The number of aryl methyl sites for hydroxylation is 2. The molecule has 0 atom stereocenters. The van der Waals surface area contributed by atoms with E-state index in [0.29, 0.717) is 0 Å². The van der Waals surface area contributed by atoms with Crippen molar-refractivity contribution >= 4 is 17.7 Å². The first-order valence-electron chi connectivity index (χ1n) is 9.90. The van der Waals surface area contributed by atoms with Crippen molar-refractivity contribution in [2.75, 3.05) is 31.1 Å². The van der Waals surface area contributed by atoms with Crippen LogP contribution in [0.15, 0.2) is 54.6 Å². The Morgan fingerprint density at radius 2 is 1.52 bits per heavy atom. The van der Waals surface area contributed by atoms with Crippen molar-refractivity contribution in [3.8, 4) is 0 Å². The molecule has 2 aromatic rings. The lowest BCUT2D eigenvalue weighted by Gasteiger charge is -2.27. The van der Waals surface area contributed by atoms with E-state index in [9.17, 15) is 4.79 Å². The van der Waals surface area contributed by atoms with Gasteiger partial charge in [-0.25, -0.2) is 0 Å². The summed E-state index contributed by atoms with van der Waals surface area (Å²) in [7, 11) is 0. The van der Waals surface area contributed by atoms with Crippen molar-refractivity contribution in [2.24, 2.45) is 0 Å². The average Bonchev–Trinajstić information content (AvgIpc) is 2.68. The number of hydrogen-bond acceptors (Lipinski definition) is 2. The first-order chi connectivity index (χ1) is 13.1. The van der Waals surface area contributed by atoms with Crippen LogP contribution in [-0.2, 0) is 4.79 Å². The Labute approximate surface area is 164 Å². The van der Waals surface area contributed by atoms with Gasteiger partial charge in [-0.05, 0) is 62.7 Å². The van der Waals surface area contributed by atoms with Crippen molar-refractivity contribution < 1.29 is 4.79 Å². The molecule has 2 aromatic carbocycles. The maximum atomic E-state index is 13.1. The van der Waals surface area contributed by atoms with Gasteiger partial charge in [0.25, 0.3) is 5.91 Å². The summed E-state index contributed by atoms with van der Waals surface area (Å²) in [4.78, 5) is 17.4. The highest BCUT2D eigenvalue weighted by molar-refractivity contribution is 6.04. The SMILES string of the molecule is CCN(CC)CCCN(C(=O)/C=C\c1ccccc1)c1c(C)cccc1C. The molecule has 3 heteroatoms. The fourth-order valence-electron chi connectivity index (χ4n) is 3.38. The molecule has 2 rings (SSSR count). The summed E-state index contributed by atoms with van der Waals surface area (Å²) < 4.78 is 0. The molecule has 0 bridgehead atoms. The molecular weight excluding hydrogens is 332 g/mol. The highest BCUT2D eigenvalue weighted by Gasteiger charge is 2.17. The second-order valence-electron chi connectivity index (χ2n) is 6.85. The van der Waals surface area contributed by atoms with Crippen molar-refractivity contribution in [1.29, 1.82) is 0 Å². The molecule has 0 aromatic heterocycles. The van der Waals surface area contributed by atoms with E-state index in [1.54, 1.807) is 6.08 Å². The smallest absolute Gasteiger partial charge is 0.251 e. The van der Waals surface area contributed by atoms with Crippen LogP contribution in [0.1, 0.15) is 37.0 Å². The third-order valence-electron chi connectivity index (χ3n) is 4.94. The van der Waals surface area contributed by atoms with Crippen LogP contribution in [0.25, 0.3) is 6.08 Å². The summed E-state index contributed by atoms with van der Waals surface area (Å²) >= 11 is 0. The van der Waals surface area contributed by atoms with E-state index in [0.717, 1.165) is 55.0 Å². The van der Waals surface area contributed by atoms with E-state index in [1.807, 2.05) is 47.4 Å². The van der Waals surface area contributed by atoms with Crippen molar-refractivity contribution in [3.63, 3.8) is 0 Å². The maximum Gasteiger partial charge on any atom is 0.251 e. The standard InChI is InChI=1S/C24H32N2O/c1-5-25(6-2)18-11-19-26(24-20(3)12-10-13-21(24)4)23(27)17-16-22-14-8-7-9-15-22/h7-10,12-17H,5-6,11,18-19H2,1-4H3/b17-16-. The lowest BCUT2D eigenvalue weighted by atomic mass is 10.1. The fourth-order valence-corrected chi connectivity index (χ4v) is 3.38. The van der Waals surface area contributed by atoms with Crippen LogP contribution in [0.3, 0.4) is 0 Å². The van der Waals surface area contributed by atoms with Gasteiger partial charge in [0, 0.05) is 18.3 Å². The van der Waals surface area contributed by atoms with Crippen molar-refractivity contribution in [1.82, 2.24) is 4.90 Å². The van der Waals surface area contributed by atoms with E-state index in [4.69, 9.17) is 0 Å². The molecule has 3 nitrogen and oxygen atoms in total. The molecule has 0 radical (unpaired) electrons. The van der Waals surface area contributed by atoms with Crippen LogP contribution >= 0.6 is 0 Å². The molecule has 0 aliphatic carbocycles. The van der Waals surface area contributed by atoms with E-state index in [-0.39, 0.29) is 5.91 Å². The second kappa shape index (κ2) is 10.7. The zero-order valence-corrected chi connectivity index (χ0v) is 17.1. The number of nitrogens with zero attached hydrogens (tertiary/aromatic N) is 2. The first kappa shape index (κ1) is 20.9. The number of carbonyl (C=O) groups excluding carboxylic acids is 1. The maximum absolute atomic E-state index is 13.1. The summed E-state index contributed by atoms with van der Waals surface area (Å²) in [6, 6.07) is 16.2. The lowest BCUT2D eigenvalue weighted by molar-refractivity contribution is -0.114. The van der Waals surface area contributed by atoms with Gasteiger partial charge in [-0.15, -0.1) is 0 Å². The number of para-hydroxylation sites is 1. The van der Waals surface area contributed by atoms with Gasteiger partial charge in [0.05, 0.1) is 0 Å². The minimum absolute atomic E-state index is 0.0378. The summed E-state index contributed by atoms with van der Waals surface area (Å²) in [5.74, 6) is 0.0378. The molecule has 0 heterocycles. The van der Waals surface area contributed by atoms with Crippen LogP contribution in [0.4, 0.5) is 5.69 Å². The molecule has 0 saturated carbocycles. The van der Waals surface area contributed by atoms with Gasteiger partial charge in [-0.2, -0.15) is 0 Å².